The zero-order valence-corrected chi connectivity index (χ0v) is 11.1. The van der Waals surface area contributed by atoms with Crippen LogP contribution in [0.15, 0.2) is 48.5 Å². The molecule has 0 radical (unpaired) electrons. The first-order valence-corrected chi connectivity index (χ1v) is 6.01. The molecular weight excluding hydrogens is 256 g/mol. The molecule has 2 rings (SSSR count). The fourth-order valence-electron chi connectivity index (χ4n) is 1.44. The van der Waals surface area contributed by atoms with Gasteiger partial charge in [0.15, 0.2) is 0 Å². The molecule has 0 aliphatic rings. The summed E-state index contributed by atoms with van der Waals surface area (Å²) < 4.78 is 0. The van der Waals surface area contributed by atoms with Crippen LogP contribution in [0.5, 0.6) is 0 Å². The number of amides is 1. The van der Waals surface area contributed by atoms with E-state index in [2.05, 4.69) is 17.1 Å². The van der Waals surface area contributed by atoms with Gasteiger partial charge in [0.05, 0.1) is 5.69 Å². The van der Waals surface area contributed by atoms with E-state index in [4.69, 9.17) is 5.11 Å². The largest absolute Gasteiger partial charge is 0.480 e. The molecule has 20 heavy (non-hydrogen) atoms. The molecule has 0 aliphatic heterocycles. The quantitative estimate of drug-likeness (QED) is 0.833. The number of carboxylic acids is 1. The molecule has 1 aromatic carbocycles. The molecule has 2 N–H and O–H groups in total. The fourth-order valence-corrected chi connectivity index (χ4v) is 1.44. The highest BCUT2D eigenvalue weighted by molar-refractivity contribution is 5.71. The van der Waals surface area contributed by atoms with Crippen LogP contribution >= 0.6 is 0 Å². The Bertz CT molecular complexity index is 556. The van der Waals surface area contributed by atoms with Gasteiger partial charge in [-0.25, -0.2) is 0 Å². The van der Waals surface area contributed by atoms with Gasteiger partial charge in [0.2, 0.25) is 6.41 Å². The first kappa shape index (κ1) is 15.4. The number of nitrogens with one attached hydrogen (secondary N) is 1. The van der Waals surface area contributed by atoms with Crippen molar-refractivity contribution in [1.29, 1.82) is 0 Å². The van der Waals surface area contributed by atoms with Crippen LogP contribution in [0.2, 0.25) is 0 Å². The molecule has 0 spiro atoms. The molecule has 104 valence electrons. The Morgan fingerprint density at radius 3 is 2.40 bits per heavy atom. The highest BCUT2D eigenvalue weighted by Gasteiger charge is 1.96. The van der Waals surface area contributed by atoms with Crippen molar-refractivity contribution in [3.8, 4) is 11.3 Å². The standard InChI is InChI=1S/C12H11N.C3H5NO3/c1-10-6-5-9-12(13-10)11-7-3-2-4-8-11;5-2-4-1-3(6)7/h2-9H,1H3;2H,1H2,(H,4,5)(H,6,7). The molecule has 0 bridgehead atoms. The maximum Gasteiger partial charge on any atom is 0.322 e. The normalized spacial score (nSPS) is 9.05. The molecule has 0 unspecified atom stereocenters. The molecular formula is C15H16N2O3. The monoisotopic (exact) mass is 272 g/mol. The van der Waals surface area contributed by atoms with Gasteiger partial charge in [0, 0.05) is 11.3 Å². The van der Waals surface area contributed by atoms with Gasteiger partial charge in [0.25, 0.3) is 0 Å². The van der Waals surface area contributed by atoms with Gasteiger partial charge < -0.3 is 10.4 Å². The lowest BCUT2D eigenvalue weighted by Crippen LogP contribution is -2.20. The summed E-state index contributed by atoms with van der Waals surface area (Å²) >= 11 is 0. The van der Waals surface area contributed by atoms with E-state index in [1.54, 1.807) is 0 Å². The number of aliphatic carboxylic acids is 1. The Labute approximate surface area is 117 Å². The van der Waals surface area contributed by atoms with E-state index in [-0.39, 0.29) is 6.54 Å². The first-order chi connectivity index (χ1) is 9.63. The number of carboxylic acid groups (broad SMARTS) is 1. The highest BCUT2D eigenvalue weighted by Crippen LogP contribution is 2.15. The van der Waals surface area contributed by atoms with Gasteiger partial charge >= 0.3 is 5.97 Å². The number of hydrogen-bond donors (Lipinski definition) is 2. The fraction of sp³-hybridized carbons (Fsp3) is 0.133. The zero-order chi connectivity index (χ0) is 14.8. The number of pyridine rings is 1. The van der Waals surface area contributed by atoms with Gasteiger partial charge in [-0.05, 0) is 19.1 Å². The van der Waals surface area contributed by atoms with Gasteiger partial charge in [-0.15, -0.1) is 0 Å². The maximum absolute atomic E-state index is 9.54. The number of carbonyl (C=O) groups excluding carboxylic acids is 1. The van der Waals surface area contributed by atoms with Crippen LogP contribution in [0.3, 0.4) is 0 Å². The van der Waals surface area contributed by atoms with Crippen LogP contribution in [-0.4, -0.2) is 29.0 Å². The Morgan fingerprint density at radius 1 is 1.20 bits per heavy atom. The summed E-state index contributed by atoms with van der Waals surface area (Å²) in [7, 11) is 0. The van der Waals surface area contributed by atoms with Crippen molar-refractivity contribution in [3.05, 3.63) is 54.2 Å². The van der Waals surface area contributed by atoms with E-state index < -0.39 is 5.97 Å². The number of aryl methyl sites for hydroxylation is 1. The van der Waals surface area contributed by atoms with Crippen LogP contribution in [0.25, 0.3) is 11.3 Å². The molecule has 0 aliphatic carbocycles. The lowest BCUT2D eigenvalue weighted by atomic mass is 10.1. The van der Waals surface area contributed by atoms with Crippen LogP contribution in [0, 0.1) is 6.92 Å². The number of benzene rings is 1. The molecule has 2 aromatic rings. The summed E-state index contributed by atoms with van der Waals surface area (Å²) in [4.78, 5) is 23.3. The molecule has 1 heterocycles. The lowest BCUT2D eigenvalue weighted by Gasteiger charge is -2.00. The summed E-state index contributed by atoms with van der Waals surface area (Å²) in [5.74, 6) is -1.04. The third-order valence-electron chi connectivity index (χ3n) is 2.29. The predicted octanol–water partition coefficient (Wildman–Crippen LogP) is 1.87. The van der Waals surface area contributed by atoms with Crippen LogP contribution in [0.4, 0.5) is 0 Å². The SMILES string of the molecule is Cc1cccc(-c2ccccc2)n1.O=CNCC(=O)O. The first-order valence-electron chi connectivity index (χ1n) is 6.01. The summed E-state index contributed by atoms with van der Waals surface area (Å²) in [5, 5.41) is 9.79. The molecule has 1 amide bonds. The minimum atomic E-state index is -1.04. The molecule has 0 atom stereocenters. The van der Waals surface area contributed by atoms with Crippen molar-refractivity contribution >= 4 is 12.4 Å². The van der Waals surface area contributed by atoms with Crippen LogP contribution in [0.1, 0.15) is 5.69 Å². The van der Waals surface area contributed by atoms with E-state index in [1.165, 1.54) is 5.56 Å². The van der Waals surface area contributed by atoms with Gasteiger partial charge in [-0.2, -0.15) is 0 Å². The summed E-state index contributed by atoms with van der Waals surface area (Å²) in [6.07, 6.45) is 0.341. The zero-order valence-electron chi connectivity index (χ0n) is 11.1. The Morgan fingerprint density at radius 2 is 1.90 bits per heavy atom. The Kier molecular flexibility index (Phi) is 6.47. The molecule has 0 saturated heterocycles. The van der Waals surface area contributed by atoms with Gasteiger partial charge in [0.1, 0.15) is 6.54 Å². The van der Waals surface area contributed by atoms with Crippen molar-refractivity contribution < 1.29 is 14.7 Å². The third-order valence-corrected chi connectivity index (χ3v) is 2.29. The Hall–Kier alpha value is -2.69. The van der Waals surface area contributed by atoms with Gasteiger partial charge in [-0.3, -0.25) is 14.6 Å². The predicted molar refractivity (Wildman–Crippen MR) is 76.1 cm³/mol. The Balaban J connectivity index is 0.000000246. The average molecular weight is 272 g/mol. The van der Waals surface area contributed by atoms with E-state index in [1.807, 2.05) is 48.6 Å². The maximum atomic E-state index is 9.54. The third kappa shape index (κ3) is 5.77. The van der Waals surface area contributed by atoms with E-state index in [0.29, 0.717) is 6.41 Å². The average Bonchev–Trinajstić information content (AvgIpc) is 2.47. The van der Waals surface area contributed by atoms with Crippen molar-refractivity contribution in [1.82, 2.24) is 10.3 Å². The second kappa shape index (κ2) is 8.42. The molecule has 5 heteroatoms. The topological polar surface area (TPSA) is 79.3 Å². The summed E-state index contributed by atoms with van der Waals surface area (Å²) in [6, 6.07) is 16.3. The molecule has 0 saturated carbocycles. The van der Waals surface area contributed by atoms with Crippen molar-refractivity contribution in [2.24, 2.45) is 0 Å². The molecule has 1 aromatic heterocycles. The minimum Gasteiger partial charge on any atom is -0.480 e. The van der Waals surface area contributed by atoms with Crippen molar-refractivity contribution in [2.45, 2.75) is 6.92 Å². The van der Waals surface area contributed by atoms with E-state index in [9.17, 15) is 9.59 Å². The number of aromatic nitrogens is 1. The number of rotatable bonds is 4. The summed E-state index contributed by atoms with van der Waals surface area (Å²) in [5.41, 5.74) is 3.27. The minimum absolute atomic E-state index is 0.302. The van der Waals surface area contributed by atoms with Crippen molar-refractivity contribution in [3.63, 3.8) is 0 Å². The van der Waals surface area contributed by atoms with Gasteiger partial charge in [-0.1, -0.05) is 36.4 Å². The molecule has 0 fully saturated rings. The highest BCUT2D eigenvalue weighted by atomic mass is 16.4. The van der Waals surface area contributed by atoms with Crippen molar-refractivity contribution in [2.75, 3.05) is 6.54 Å². The lowest BCUT2D eigenvalue weighted by molar-refractivity contribution is -0.136. The number of nitrogens with zero attached hydrogens (tertiary/aromatic N) is 1. The summed E-state index contributed by atoms with van der Waals surface area (Å²) in [6.45, 7) is 1.70. The number of carbonyl (C=O) groups is 2. The van der Waals surface area contributed by atoms with Crippen LogP contribution in [-0.2, 0) is 9.59 Å². The second-order valence-electron chi connectivity index (χ2n) is 3.92. The molecule has 5 nitrogen and oxygen atoms in total. The van der Waals surface area contributed by atoms with E-state index in [0.717, 1.165) is 11.4 Å². The number of hydrogen-bond acceptors (Lipinski definition) is 3. The van der Waals surface area contributed by atoms with Crippen LogP contribution < -0.4 is 5.32 Å². The smallest absolute Gasteiger partial charge is 0.322 e. The van der Waals surface area contributed by atoms with E-state index >= 15 is 0 Å². The second-order valence-corrected chi connectivity index (χ2v) is 3.92.